The molecule has 108 valence electrons. The van der Waals surface area contributed by atoms with Crippen molar-refractivity contribution >= 4 is 22.2 Å². The van der Waals surface area contributed by atoms with E-state index in [2.05, 4.69) is 22.2 Å². The van der Waals surface area contributed by atoms with Crippen molar-refractivity contribution in [3.8, 4) is 5.75 Å². The van der Waals surface area contributed by atoms with Crippen molar-refractivity contribution in [2.75, 3.05) is 6.54 Å². The lowest BCUT2D eigenvalue weighted by molar-refractivity contribution is 0.302. The van der Waals surface area contributed by atoms with Crippen LogP contribution in [0.25, 0.3) is 10.9 Å². The summed E-state index contributed by atoms with van der Waals surface area (Å²) < 4.78 is 5.80. The van der Waals surface area contributed by atoms with Crippen molar-refractivity contribution in [3.05, 3.63) is 52.6 Å². The zero-order valence-electron chi connectivity index (χ0n) is 11.9. The van der Waals surface area contributed by atoms with Crippen molar-refractivity contribution in [2.24, 2.45) is 0 Å². The summed E-state index contributed by atoms with van der Waals surface area (Å²) in [5, 5.41) is 7.53. The normalized spacial score (nSPS) is 10.9. The van der Waals surface area contributed by atoms with Crippen LogP contribution in [0.4, 0.5) is 0 Å². The van der Waals surface area contributed by atoms with Gasteiger partial charge in [-0.05, 0) is 24.7 Å². The lowest BCUT2D eigenvalue weighted by atomic mass is 10.2. The Labute approximate surface area is 127 Å². The summed E-state index contributed by atoms with van der Waals surface area (Å²) in [5.41, 5.74) is 1.91. The maximum absolute atomic E-state index is 5.80. The zero-order chi connectivity index (χ0) is 14.5. The molecule has 4 nitrogen and oxygen atoms in total. The number of hydrogen-bond donors (Lipinski definition) is 1. The van der Waals surface area contributed by atoms with Gasteiger partial charge in [0.15, 0.2) is 0 Å². The van der Waals surface area contributed by atoms with E-state index in [0.29, 0.717) is 6.61 Å². The fourth-order valence-electron chi connectivity index (χ4n) is 2.02. The average molecular weight is 299 g/mol. The molecule has 3 aromatic rings. The molecule has 2 aromatic heterocycles. The van der Waals surface area contributed by atoms with E-state index in [-0.39, 0.29) is 0 Å². The minimum absolute atomic E-state index is 0.487. The number of pyridine rings is 1. The van der Waals surface area contributed by atoms with Crippen molar-refractivity contribution in [2.45, 2.75) is 20.1 Å². The highest BCUT2D eigenvalue weighted by Crippen LogP contribution is 2.20. The Balaban J connectivity index is 1.64. The van der Waals surface area contributed by atoms with Gasteiger partial charge in [0.25, 0.3) is 0 Å². The number of hydrogen-bond acceptors (Lipinski definition) is 5. The molecule has 2 heterocycles. The molecule has 0 aliphatic heterocycles. The first-order valence-electron chi connectivity index (χ1n) is 6.97. The fraction of sp³-hybridized carbons (Fsp3) is 0.250. The van der Waals surface area contributed by atoms with E-state index in [1.54, 1.807) is 17.5 Å². The van der Waals surface area contributed by atoms with Gasteiger partial charge in [-0.25, -0.2) is 4.98 Å². The van der Waals surface area contributed by atoms with Crippen LogP contribution in [0.5, 0.6) is 5.75 Å². The van der Waals surface area contributed by atoms with Crippen LogP contribution in [0.1, 0.15) is 17.6 Å². The summed E-state index contributed by atoms with van der Waals surface area (Å²) >= 11 is 1.66. The molecular weight excluding hydrogens is 282 g/mol. The highest BCUT2D eigenvalue weighted by molar-refractivity contribution is 7.09. The number of nitrogens with zero attached hydrogens (tertiary/aromatic N) is 2. The summed E-state index contributed by atoms with van der Waals surface area (Å²) in [6.45, 7) is 4.35. The summed E-state index contributed by atoms with van der Waals surface area (Å²) in [7, 11) is 0. The van der Waals surface area contributed by atoms with Gasteiger partial charge in [0.1, 0.15) is 17.4 Å². The van der Waals surface area contributed by atoms with Gasteiger partial charge < -0.3 is 10.1 Å². The van der Waals surface area contributed by atoms with Gasteiger partial charge in [-0.2, -0.15) is 0 Å². The van der Waals surface area contributed by atoms with Gasteiger partial charge in [-0.15, -0.1) is 11.3 Å². The fourth-order valence-corrected chi connectivity index (χ4v) is 2.77. The molecular formula is C16H17N3OS. The van der Waals surface area contributed by atoms with Crippen LogP contribution in [0.2, 0.25) is 0 Å². The molecule has 0 bridgehead atoms. The van der Waals surface area contributed by atoms with Gasteiger partial charge in [-0.3, -0.25) is 4.98 Å². The molecule has 0 atom stereocenters. The molecule has 0 amide bonds. The Morgan fingerprint density at radius 2 is 2.24 bits per heavy atom. The van der Waals surface area contributed by atoms with E-state index in [9.17, 15) is 0 Å². The number of ether oxygens (including phenoxy) is 1. The Morgan fingerprint density at radius 3 is 3.14 bits per heavy atom. The first-order valence-corrected chi connectivity index (χ1v) is 7.84. The predicted octanol–water partition coefficient (Wildman–Crippen LogP) is 3.38. The Morgan fingerprint density at radius 1 is 1.29 bits per heavy atom. The van der Waals surface area contributed by atoms with E-state index in [1.807, 2.05) is 35.7 Å². The SMILES string of the molecule is CCNCc1nc(COc2ccc3cccnc3c2)cs1. The number of benzene rings is 1. The standard InChI is InChI=1S/C16H17N3OS/c1-2-17-9-16-19-13(11-21-16)10-20-14-6-5-12-4-3-7-18-15(12)8-14/h3-8,11,17H,2,9-10H2,1H3. The van der Waals surface area contributed by atoms with Crippen LogP contribution in [0.3, 0.4) is 0 Å². The van der Waals surface area contributed by atoms with Gasteiger partial charge in [0, 0.05) is 29.6 Å². The van der Waals surface area contributed by atoms with Crippen LogP contribution < -0.4 is 10.1 Å². The molecule has 21 heavy (non-hydrogen) atoms. The molecule has 0 aliphatic rings. The van der Waals surface area contributed by atoms with Crippen molar-refractivity contribution in [3.63, 3.8) is 0 Å². The molecule has 0 aliphatic carbocycles. The van der Waals surface area contributed by atoms with Crippen molar-refractivity contribution in [1.29, 1.82) is 0 Å². The Hall–Kier alpha value is -1.98. The number of thiazole rings is 1. The Kier molecular flexibility index (Phi) is 4.43. The van der Waals surface area contributed by atoms with Gasteiger partial charge in [0.2, 0.25) is 0 Å². The molecule has 1 N–H and O–H groups in total. The third-order valence-electron chi connectivity index (χ3n) is 3.09. The van der Waals surface area contributed by atoms with Gasteiger partial charge in [-0.1, -0.05) is 13.0 Å². The monoisotopic (exact) mass is 299 g/mol. The van der Waals surface area contributed by atoms with Crippen molar-refractivity contribution < 1.29 is 4.74 Å². The maximum atomic E-state index is 5.80. The quantitative estimate of drug-likeness (QED) is 0.758. The molecule has 0 radical (unpaired) electrons. The number of fused-ring (bicyclic) bond motifs is 1. The third kappa shape index (κ3) is 3.56. The highest BCUT2D eigenvalue weighted by Gasteiger charge is 2.03. The van der Waals surface area contributed by atoms with Crippen LogP contribution in [0, 0.1) is 0 Å². The summed E-state index contributed by atoms with van der Waals surface area (Å²) in [5.74, 6) is 0.822. The predicted molar refractivity (Wildman–Crippen MR) is 85.6 cm³/mol. The van der Waals surface area contributed by atoms with Gasteiger partial charge in [0.05, 0.1) is 11.2 Å². The summed E-state index contributed by atoms with van der Waals surface area (Å²) in [6.07, 6.45) is 1.79. The molecule has 0 fully saturated rings. The molecule has 5 heteroatoms. The second kappa shape index (κ2) is 6.65. The second-order valence-corrected chi connectivity index (χ2v) is 5.60. The van der Waals surface area contributed by atoms with Crippen LogP contribution in [-0.2, 0) is 13.2 Å². The topological polar surface area (TPSA) is 47.0 Å². The maximum Gasteiger partial charge on any atom is 0.131 e. The van der Waals surface area contributed by atoms with Gasteiger partial charge >= 0.3 is 0 Å². The van der Waals surface area contributed by atoms with Crippen LogP contribution >= 0.6 is 11.3 Å². The molecule has 0 spiro atoms. The van der Waals surface area contributed by atoms with E-state index in [4.69, 9.17) is 4.74 Å². The van der Waals surface area contributed by atoms with E-state index in [1.165, 1.54) is 0 Å². The lowest BCUT2D eigenvalue weighted by Crippen LogP contribution is -2.11. The van der Waals surface area contributed by atoms with Crippen molar-refractivity contribution in [1.82, 2.24) is 15.3 Å². The summed E-state index contributed by atoms with van der Waals surface area (Å²) in [6, 6.07) is 9.93. The number of aromatic nitrogens is 2. The zero-order valence-corrected chi connectivity index (χ0v) is 12.7. The first-order chi connectivity index (χ1) is 10.3. The smallest absolute Gasteiger partial charge is 0.131 e. The lowest BCUT2D eigenvalue weighted by Gasteiger charge is -2.05. The number of nitrogens with one attached hydrogen (secondary N) is 1. The van der Waals surface area contributed by atoms with E-state index in [0.717, 1.165) is 40.4 Å². The third-order valence-corrected chi connectivity index (χ3v) is 3.99. The number of rotatable bonds is 6. The van der Waals surface area contributed by atoms with Crippen LogP contribution in [-0.4, -0.2) is 16.5 Å². The second-order valence-electron chi connectivity index (χ2n) is 4.66. The first kappa shape index (κ1) is 14.0. The molecule has 1 aromatic carbocycles. The minimum atomic E-state index is 0.487. The van der Waals surface area contributed by atoms with E-state index >= 15 is 0 Å². The average Bonchev–Trinajstić information content (AvgIpc) is 2.98. The van der Waals surface area contributed by atoms with E-state index < -0.39 is 0 Å². The highest BCUT2D eigenvalue weighted by atomic mass is 32.1. The van der Waals surface area contributed by atoms with Crippen LogP contribution in [0.15, 0.2) is 41.9 Å². The molecule has 0 saturated heterocycles. The Bertz CT molecular complexity index is 726. The molecule has 3 rings (SSSR count). The summed E-state index contributed by atoms with van der Waals surface area (Å²) in [4.78, 5) is 8.87. The largest absolute Gasteiger partial charge is 0.487 e. The molecule has 0 unspecified atom stereocenters. The molecule has 0 saturated carbocycles. The minimum Gasteiger partial charge on any atom is -0.487 e.